The summed E-state index contributed by atoms with van der Waals surface area (Å²) in [5.74, 6) is -0.908. The largest absolute Gasteiger partial charge is 0.465 e. The SMILES string of the molecule is CCOC(=O)CN(C(=O)c1cccc(S(=O)(=O)N2CCN(Cc3ccccc3)CC2)c1)C(C)C. The molecule has 9 heteroatoms. The summed E-state index contributed by atoms with van der Waals surface area (Å²) in [7, 11) is -3.75. The number of hydrogen-bond donors (Lipinski definition) is 0. The fraction of sp³-hybridized carbons (Fsp3) is 0.440. The fourth-order valence-corrected chi connectivity index (χ4v) is 5.38. The summed E-state index contributed by atoms with van der Waals surface area (Å²) in [5.41, 5.74) is 1.42. The Balaban J connectivity index is 1.70. The van der Waals surface area contributed by atoms with Gasteiger partial charge in [-0.1, -0.05) is 36.4 Å². The molecule has 0 bridgehead atoms. The molecule has 1 saturated heterocycles. The van der Waals surface area contributed by atoms with Gasteiger partial charge in [0.25, 0.3) is 5.91 Å². The summed E-state index contributed by atoms with van der Waals surface area (Å²) in [6.07, 6.45) is 0. The molecule has 8 nitrogen and oxygen atoms in total. The zero-order valence-corrected chi connectivity index (χ0v) is 20.8. The van der Waals surface area contributed by atoms with Crippen molar-refractivity contribution in [1.82, 2.24) is 14.1 Å². The molecule has 0 spiro atoms. The van der Waals surface area contributed by atoms with Crippen LogP contribution >= 0.6 is 0 Å². The standard InChI is InChI=1S/C25H33N3O5S/c1-4-33-24(29)19-28(20(2)3)25(30)22-11-8-12-23(17-22)34(31,32)27-15-13-26(14-16-27)18-21-9-6-5-7-10-21/h5-12,17,20H,4,13-16,18-19H2,1-3H3. The van der Waals surface area contributed by atoms with Gasteiger partial charge in [0, 0.05) is 44.3 Å². The predicted octanol–water partition coefficient (Wildman–Crippen LogP) is 2.61. The molecule has 1 aliphatic rings. The van der Waals surface area contributed by atoms with Crippen LogP contribution < -0.4 is 0 Å². The predicted molar refractivity (Wildman–Crippen MR) is 130 cm³/mol. The highest BCUT2D eigenvalue weighted by Crippen LogP contribution is 2.21. The van der Waals surface area contributed by atoms with Crippen molar-refractivity contribution < 1.29 is 22.7 Å². The van der Waals surface area contributed by atoms with Crippen LogP contribution in [0, 0.1) is 0 Å². The lowest BCUT2D eigenvalue weighted by molar-refractivity contribution is -0.144. The Labute approximate surface area is 202 Å². The van der Waals surface area contributed by atoms with Gasteiger partial charge in [0.05, 0.1) is 11.5 Å². The molecule has 0 saturated carbocycles. The van der Waals surface area contributed by atoms with E-state index in [-0.39, 0.29) is 29.7 Å². The molecule has 1 heterocycles. The van der Waals surface area contributed by atoms with Crippen LogP contribution in [0.25, 0.3) is 0 Å². The Morgan fingerprint density at radius 1 is 1.00 bits per heavy atom. The van der Waals surface area contributed by atoms with Gasteiger partial charge in [-0.15, -0.1) is 0 Å². The van der Waals surface area contributed by atoms with Crippen LogP contribution in [0.3, 0.4) is 0 Å². The Bertz CT molecular complexity index is 1080. The number of amides is 1. The molecule has 2 aromatic rings. The number of benzene rings is 2. The summed E-state index contributed by atoms with van der Waals surface area (Å²) in [6.45, 7) is 8.15. The molecule has 1 fully saturated rings. The molecule has 0 radical (unpaired) electrons. The lowest BCUT2D eigenvalue weighted by Crippen LogP contribution is -2.48. The second-order valence-electron chi connectivity index (χ2n) is 8.53. The smallest absolute Gasteiger partial charge is 0.325 e. The first-order valence-electron chi connectivity index (χ1n) is 11.6. The molecule has 0 aliphatic carbocycles. The normalized spacial score (nSPS) is 15.3. The molecule has 1 aliphatic heterocycles. The third kappa shape index (κ3) is 6.43. The molecule has 3 rings (SSSR count). The van der Waals surface area contributed by atoms with Gasteiger partial charge in [0.1, 0.15) is 6.54 Å². The molecule has 34 heavy (non-hydrogen) atoms. The minimum atomic E-state index is -3.75. The molecule has 0 aromatic heterocycles. The summed E-state index contributed by atoms with van der Waals surface area (Å²) in [4.78, 5) is 28.7. The Morgan fingerprint density at radius 2 is 1.68 bits per heavy atom. The number of piperazine rings is 1. The van der Waals surface area contributed by atoms with E-state index in [0.29, 0.717) is 26.2 Å². The van der Waals surface area contributed by atoms with Gasteiger partial charge in [0.15, 0.2) is 0 Å². The van der Waals surface area contributed by atoms with Crippen molar-refractivity contribution in [2.75, 3.05) is 39.3 Å². The zero-order valence-electron chi connectivity index (χ0n) is 20.0. The van der Waals surface area contributed by atoms with Crippen molar-refractivity contribution >= 4 is 21.9 Å². The van der Waals surface area contributed by atoms with Crippen molar-refractivity contribution in [2.24, 2.45) is 0 Å². The van der Waals surface area contributed by atoms with Crippen LogP contribution in [0.2, 0.25) is 0 Å². The summed E-state index contributed by atoms with van der Waals surface area (Å²) in [5, 5.41) is 0. The average Bonchev–Trinajstić information content (AvgIpc) is 2.83. The minimum absolute atomic E-state index is 0.0784. The van der Waals surface area contributed by atoms with Crippen LogP contribution in [0.15, 0.2) is 59.5 Å². The number of carbonyl (C=O) groups is 2. The third-order valence-corrected chi connectivity index (χ3v) is 7.68. The molecule has 1 amide bonds. The van der Waals surface area contributed by atoms with Crippen molar-refractivity contribution in [3.05, 3.63) is 65.7 Å². The van der Waals surface area contributed by atoms with Gasteiger partial charge < -0.3 is 9.64 Å². The lowest BCUT2D eigenvalue weighted by atomic mass is 10.1. The number of nitrogens with zero attached hydrogens (tertiary/aromatic N) is 3. The van der Waals surface area contributed by atoms with Crippen LogP contribution in [0.1, 0.15) is 36.7 Å². The quantitative estimate of drug-likeness (QED) is 0.506. The second-order valence-corrected chi connectivity index (χ2v) is 10.5. The number of esters is 1. The van der Waals surface area contributed by atoms with Crippen LogP contribution in [-0.2, 0) is 26.1 Å². The monoisotopic (exact) mass is 487 g/mol. The first kappa shape index (κ1) is 25.9. The van der Waals surface area contributed by atoms with E-state index in [4.69, 9.17) is 4.74 Å². The molecular formula is C25H33N3O5S. The van der Waals surface area contributed by atoms with Gasteiger partial charge in [-0.3, -0.25) is 14.5 Å². The Morgan fingerprint density at radius 3 is 2.29 bits per heavy atom. The Hall–Kier alpha value is -2.75. The number of rotatable bonds is 9. The minimum Gasteiger partial charge on any atom is -0.465 e. The van der Waals surface area contributed by atoms with E-state index in [2.05, 4.69) is 17.0 Å². The summed E-state index contributed by atoms with van der Waals surface area (Å²) >= 11 is 0. The van der Waals surface area contributed by atoms with Gasteiger partial charge in [-0.05, 0) is 44.5 Å². The van der Waals surface area contributed by atoms with Crippen molar-refractivity contribution in [3.63, 3.8) is 0 Å². The average molecular weight is 488 g/mol. The van der Waals surface area contributed by atoms with E-state index in [1.807, 2.05) is 18.2 Å². The van der Waals surface area contributed by atoms with E-state index >= 15 is 0 Å². The number of hydrogen-bond acceptors (Lipinski definition) is 6. The van der Waals surface area contributed by atoms with Crippen molar-refractivity contribution in [3.8, 4) is 0 Å². The maximum atomic E-state index is 13.3. The van der Waals surface area contributed by atoms with Crippen LogP contribution in [0.5, 0.6) is 0 Å². The first-order chi connectivity index (χ1) is 16.2. The first-order valence-corrected chi connectivity index (χ1v) is 13.0. The maximum absolute atomic E-state index is 13.3. The molecule has 2 aromatic carbocycles. The molecule has 184 valence electrons. The van der Waals surface area contributed by atoms with Crippen molar-refractivity contribution in [1.29, 1.82) is 0 Å². The van der Waals surface area contributed by atoms with Gasteiger partial charge >= 0.3 is 5.97 Å². The van der Waals surface area contributed by atoms with Crippen LogP contribution in [-0.4, -0.2) is 79.8 Å². The fourth-order valence-electron chi connectivity index (χ4n) is 3.91. The van der Waals surface area contributed by atoms with Gasteiger partial charge in [0.2, 0.25) is 10.0 Å². The van der Waals surface area contributed by atoms with Gasteiger partial charge in [-0.25, -0.2) is 8.42 Å². The molecular weight excluding hydrogens is 454 g/mol. The highest BCUT2D eigenvalue weighted by molar-refractivity contribution is 7.89. The van der Waals surface area contributed by atoms with Gasteiger partial charge in [-0.2, -0.15) is 4.31 Å². The maximum Gasteiger partial charge on any atom is 0.325 e. The van der Waals surface area contributed by atoms with E-state index in [0.717, 1.165) is 6.54 Å². The van der Waals surface area contributed by atoms with Crippen molar-refractivity contribution in [2.45, 2.75) is 38.3 Å². The topological polar surface area (TPSA) is 87.2 Å². The Kier molecular flexibility index (Phi) is 8.82. The highest BCUT2D eigenvalue weighted by atomic mass is 32.2. The number of carbonyl (C=O) groups excluding carboxylic acids is 2. The van der Waals surface area contributed by atoms with E-state index in [1.165, 1.54) is 26.9 Å². The molecule has 0 N–H and O–H groups in total. The summed E-state index contributed by atoms with van der Waals surface area (Å²) < 4.78 is 33.0. The van der Waals surface area contributed by atoms with E-state index in [1.54, 1.807) is 32.9 Å². The number of sulfonamides is 1. The molecule has 0 atom stereocenters. The third-order valence-electron chi connectivity index (χ3n) is 5.79. The molecule has 0 unspecified atom stereocenters. The zero-order chi connectivity index (χ0) is 24.7. The number of ether oxygens (including phenoxy) is 1. The van der Waals surface area contributed by atoms with E-state index < -0.39 is 21.9 Å². The van der Waals surface area contributed by atoms with Crippen LogP contribution in [0.4, 0.5) is 0 Å². The lowest BCUT2D eigenvalue weighted by Gasteiger charge is -2.34. The highest BCUT2D eigenvalue weighted by Gasteiger charge is 2.30. The summed E-state index contributed by atoms with van der Waals surface area (Å²) in [6, 6.07) is 15.9. The second kappa shape index (κ2) is 11.6. The van der Waals surface area contributed by atoms with E-state index in [9.17, 15) is 18.0 Å².